The summed E-state index contributed by atoms with van der Waals surface area (Å²) in [6, 6.07) is 9.15. The highest BCUT2D eigenvalue weighted by molar-refractivity contribution is 7.88. The van der Waals surface area contributed by atoms with E-state index in [9.17, 15) is 27.9 Å². The highest BCUT2D eigenvalue weighted by Crippen LogP contribution is 2.32. The third-order valence-corrected chi connectivity index (χ3v) is 11.6. The monoisotopic (exact) mass is 718 g/mol. The van der Waals surface area contributed by atoms with E-state index in [1.807, 2.05) is 0 Å². The van der Waals surface area contributed by atoms with Gasteiger partial charge in [-0.2, -0.15) is 4.31 Å². The highest BCUT2D eigenvalue weighted by atomic mass is 35.5. The van der Waals surface area contributed by atoms with Gasteiger partial charge in [-0.05, 0) is 55.9 Å². The number of nitrogens with zero attached hydrogens (tertiary/aromatic N) is 3. The van der Waals surface area contributed by atoms with Gasteiger partial charge in [-0.25, -0.2) is 12.8 Å². The van der Waals surface area contributed by atoms with Crippen LogP contribution in [-0.4, -0.2) is 109 Å². The van der Waals surface area contributed by atoms with E-state index in [2.05, 4.69) is 10.2 Å². The third-order valence-electron chi connectivity index (χ3n) is 9.97. The number of para-hydroxylation sites is 1. The molecule has 15 heteroatoms. The normalized spacial score (nSPS) is 23.9. The SMILES string of the molecule is CS(=O)(=O)N1CCN([C@H]2C[C@@H](CO[C@H]3CC[C@H](C(=O)O)CC3)N(C(=O)Cc3cc(Cl)c(NC(=O)c4coc5ccccc45)cc3F)C2)CC1. The first-order valence-corrected chi connectivity index (χ1v) is 18.7. The molecule has 2 N–H and O–H groups in total. The van der Waals surface area contributed by atoms with Crippen molar-refractivity contribution in [1.29, 1.82) is 0 Å². The van der Waals surface area contributed by atoms with Crippen LogP contribution < -0.4 is 5.32 Å². The molecule has 264 valence electrons. The first kappa shape index (κ1) is 35.3. The number of halogens is 2. The number of carboxylic acid groups (broad SMARTS) is 1. The summed E-state index contributed by atoms with van der Waals surface area (Å²) >= 11 is 6.49. The minimum absolute atomic E-state index is 0.0352. The Hall–Kier alpha value is -3.56. The van der Waals surface area contributed by atoms with Crippen LogP contribution in [0.5, 0.6) is 0 Å². The zero-order valence-corrected chi connectivity index (χ0v) is 28.7. The Morgan fingerprint density at radius 1 is 1.08 bits per heavy atom. The van der Waals surface area contributed by atoms with Crippen molar-refractivity contribution in [1.82, 2.24) is 14.1 Å². The van der Waals surface area contributed by atoms with Crippen LogP contribution in [0.4, 0.5) is 10.1 Å². The van der Waals surface area contributed by atoms with Crippen LogP contribution in [0, 0.1) is 11.7 Å². The Morgan fingerprint density at radius 3 is 2.49 bits per heavy atom. The molecule has 2 amide bonds. The summed E-state index contributed by atoms with van der Waals surface area (Å²) in [5.41, 5.74) is 0.951. The van der Waals surface area contributed by atoms with Gasteiger partial charge in [-0.3, -0.25) is 19.3 Å². The number of hydrogen-bond donors (Lipinski definition) is 2. The van der Waals surface area contributed by atoms with E-state index in [1.165, 1.54) is 22.9 Å². The molecule has 2 saturated heterocycles. The summed E-state index contributed by atoms with van der Waals surface area (Å²) in [6.45, 7) is 2.41. The molecule has 3 aromatic rings. The van der Waals surface area contributed by atoms with E-state index in [-0.39, 0.29) is 64.9 Å². The number of carbonyl (C=O) groups is 3. The second kappa shape index (κ2) is 14.7. The molecule has 2 atom stereocenters. The molecule has 49 heavy (non-hydrogen) atoms. The number of carbonyl (C=O) groups excluding carboxylic acids is 2. The molecule has 1 aliphatic carbocycles. The average Bonchev–Trinajstić information content (AvgIpc) is 3.71. The van der Waals surface area contributed by atoms with Gasteiger partial charge in [-0.1, -0.05) is 29.8 Å². The number of piperazine rings is 1. The minimum Gasteiger partial charge on any atom is -0.481 e. The number of furan rings is 1. The van der Waals surface area contributed by atoms with Gasteiger partial charge in [0.05, 0.1) is 53.6 Å². The van der Waals surface area contributed by atoms with Crippen molar-refractivity contribution in [2.45, 2.75) is 56.7 Å². The standard InChI is InChI=1S/C34H40ClFN4O8S/c1-49(45,46)39-12-10-38(11-13-39)23-16-24(19-47-25-8-6-21(7-9-25)34(43)44)40(18-23)32(41)15-22-14-28(35)30(17-29(22)36)37-33(42)27-20-48-31-5-3-2-4-26(27)31/h2-5,14,17,20-21,23-25H,6-13,15-16,18-19H2,1H3,(H,37,42)(H,43,44)/t21-,23-,24-,25-/m0/s1. The van der Waals surface area contributed by atoms with Crippen LogP contribution in [0.2, 0.25) is 5.02 Å². The molecule has 12 nitrogen and oxygen atoms in total. The fourth-order valence-electron chi connectivity index (χ4n) is 7.17. The average molecular weight is 719 g/mol. The number of ether oxygens (including phenoxy) is 1. The topological polar surface area (TPSA) is 150 Å². The molecule has 0 spiro atoms. The highest BCUT2D eigenvalue weighted by Gasteiger charge is 2.40. The fraction of sp³-hybridized carbons (Fsp3) is 0.500. The first-order chi connectivity index (χ1) is 23.4. The molecular formula is C34H40ClFN4O8S. The number of likely N-dealkylation sites (tertiary alicyclic amines) is 1. The molecule has 1 saturated carbocycles. The second-order valence-electron chi connectivity index (χ2n) is 13.1. The molecule has 1 aromatic heterocycles. The van der Waals surface area contributed by atoms with Gasteiger partial charge in [0.25, 0.3) is 5.91 Å². The predicted octanol–water partition coefficient (Wildman–Crippen LogP) is 4.23. The van der Waals surface area contributed by atoms with Gasteiger partial charge >= 0.3 is 5.97 Å². The number of carboxylic acids is 1. The number of nitrogens with one attached hydrogen (secondary N) is 1. The van der Waals surface area contributed by atoms with E-state index in [1.54, 1.807) is 29.2 Å². The maximum Gasteiger partial charge on any atom is 0.306 e. The number of hydrogen-bond acceptors (Lipinski definition) is 8. The van der Waals surface area contributed by atoms with E-state index in [4.69, 9.17) is 20.8 Å². The summed E-state index contributed by atoms with van der Waals surface area (Å²) in [4.78, 5) is 42.1. The van der Waals surface area contributed by atoms with Gasteiger partial charge in [0.15, 0.2) is 0 Å². The largest absolute Gasteiger partial charge is 0.481 e. The van der Waals surface area contributed by atoms with Crippen molar-refractivity contribution >= 4 is 56.1 Å². The molecule has 0 unspecified atom stereocenters. The van der Waals surface area contributed by atoms with Crippen molar-refractivity contribution < 1.29 is 41.5 Å². The number of rotatable bonds is 10. The minimum atomic E-state index is -3.30. The van der Waals surface area contributed by atoms with E-state index >= 15 is 4.39 Å². The zero-order chi connectivity index (χ0) is 34.9. The lowest BCUT2D eigenvalue weighted by Crippen LogP contribution is -2.52. The van der Waals surface area contributed by atoms with Crippen molar-refractivity contribution in [3.8, 4) is 0 Å². The van der Waals surface area contributed by atoms with Crippen LogP contribution >= 0.6 is 11.6 Å². The number of sulfonamides is 1. The van der Waals surface area contributed by atoms with Crippen LogP contribution in [0.3, 0.4) is 0 Å². The molecule has 3 heterocycles. The van der Waals surface area contributed by atoms with Crippen molar-refractivity contribution in [2.75, 3.05) is 50.9 Å². The van der Waals surface area contributed by atoms with Crippen LogP contribution in [0.15, 0.2) is 47.1 Å². The fourth-order valence-corrected chi connectivity index (χ4v) is 8.23. The lowest BCUT2D eigenvalue weighted by molar-refractivity contribution is -0.144. The molecule has 3 aliphatic rings. The van der Waals surface area contributed by atoms with Gasteiger partial charge < -0.3 is 24.5 Å². The lowest BCUT2D eigenvalue weighted by atomic mass is 9.87. The molecular weight excluding hydrogens is 679 g/mol. The van der Waals surface area contributed by atoms with Crippen LogP contribution in [0.25, 0.3) is 11.0 Å². The smallest absolute Gasteiger partial charge is 0.306 e. The summed E-state index contributed by atoms with van der Waals surface area (Å²) in [5.74, 6) is -2.68. The maximum absolute atomic E-state index is 15.5. The Kier molecular flexibility index (Phi) is 10.6. The third kappa shape index (κ3) is 8.09. The van der Waals surface area contributed by atoms with E-state index < -0.39 is 27.7 Å². The Labute approximate surface area is 289 Å². The van der Waals surface area contributed by atoms with Gasteiger partial charge in [-0.15, -0.1) is 0 Å². The second-order valence-corrected chi connectivity index (χ2v) is 15.5. The maximum atomic E-state index is 15.5. The van der Waals surface area contributed by atoms with E-state index in [0.29, 0.717) is 75.8 Å². The summed E-state index contributed by atoms with van der Waals surface area (Å²) in [5, 5.41) is 12.7. The van der Waals surface area contributed by atoms with Crippen LogP contribution in [-0.2, 0) is 30.8 Å². The molecule has 0 bridgehead atoms. The van der Waals surface area contributed by atoms with Gasteiger partial charge in [0, 0.05) is 44.2 Å². The first-order valence-electron chi connectivity index (χ1n) is 16.5. The molecule has 6 rings (SSSR count). The Morgan fingerprint density at radius 2 is 1.80 bits per heavy atom. The van der Waals surface area contributed by atoms with Gasteiger partial charge in [0.1, 0.15) is 17.7 Å². The van der Waals surface area contributed by atoms with Crippen LogP contribution in [0.1, 0.15) is 48.0 Å². The summed E-state index contributed by atoms with van der Waals surface area (Å²) in [6.07, 6.45) is 5.08. The lowest BCUT2D eigenvalue weighted by Gasteiger charge is -2.36. The molecule has 3 fully saturated rings. The Balaban J connectivity index is 1.13. The van der Waals surface area contributed by atoms with Crippen molar-refractivity contribution in [3.63, 3.8) is 0 Å². The number of fused-ring (bicyclic) bond motifs is 1. The summed E-state index contributed by atoms with van der Waals surface area (Å²) in [7, 11) is -3.30. The number of aliphatic carboxylic acids is 1. The zero-order valence-electron chi connectivity index (χ0n) is 27.1. The number of benzene rings is 2. The van der Waals surface area contributed by atoms with Crippen molar-refractivity contribution in [2.24, 2.45) is 5.92 Å². The van der Waals surface area contributed by atoms with E-state index in [0.717, 1.165) is 6.07 Å². The summed E-state index contributed by atoms with van der Waals surface area (Å²) < 4.78 is 52.7. The van der Waals surface area contributed by atoms with Crippen molar-refractivity contribution in [3.05, 3.63) is 64.6 Å². The predicted molar refractivity (Wildman–Crippen MR) is 181 cm³/mol. The Bertz CT molecular complexity index is 1820. The number of anilines is 1. The number of amides is 2. The molecule has 2 aromatic carbocycles. The molecule has 2 aliphatic heterocycles. The van der Waals surface area contributed by atoms with Gasteiger partial charge in [0.2, 0.25) is 15.9 Å². The molecule has 0 radical (unpaired) electrons. The quantitative estimate of drug-likeness (QED) is 0.314.